The van der Waals surface area contributed by atoms with Crippen molar-refractivity contribution in [2.45, 2.75) is 33.6 Å². The predicted molar refractivity (Wildman–Crippen MR) is 132 cm³/mol. The minimum absolute atomic E-state index is 0.135. The van der Waals surface area contributed by atoms with Gasteiger partial charge >= 0.3 is 0 Å². The molecule has 1 aromatic carbocycles. The summed E-state index contributed by atoms with van der Waals surface area (Å²) in [6.45, 7) is 10.9. The van der Waals surface area contributed by atoms with E-state index in [-0.39, 0.29) is 5.41 Å². The van der Waals surface area contributed by atoms with Crippen molar-refractivity contribution in [3.8, 4) is 0 Å². The third-order valence-electron chi connectivity index (χ3n) is 5.81. The molecule has 28 heavy (non-hydrogen) atoms. The SMILES string of the molecule is C=CC1=C(/C=C\C\C=c2/cccc/c2=C/C=C\C)C2=CC=C(I)CC2C1(C)C. The van der Waals surface area contributed by atoms with Crippen LogP contribution in [-0.4, -0.2) is 0 Å². The Morgan fingerprint density at radius 3 is 2.64 bits per heavy atom. The van der Waals surface area contributed by atoms with E-state index in [1.165, 1.54) is 30.7 Å². The van der Waals surface area contributed by atoms with Crippen LogP contribution in [0, 0.1) is 11.3 Å². The third kappa shape index (κ3) is 4.25. The molecule has 2 aliphatic carbocycles. The van der Waals surface area contributed by atoms with Crippen molar-refractivity contribution in [3.05, 3.63) is 104 Å². The lowest BCUT2D eigenvalue weighted by atomic mass is 9.73. The Morgan fingerprint density at radius 1 is 1.18 bits per heavy atom. The number of fused-ring (bicyclic) bond motifs is 1. The van der Waals surface area contributed by atoms with Gasteiger partial charge in [0.1, 0.15) is 0 Å². The summed E-state index contributed by atoms with van der Waals surface area (Å²) in [7, 11) is 0. The standard InChI is InChI=1S/C27H29I/c1-5-7-12-20-13-8-9-14-21(20)15-10-11-16-23-24-18-17-22(28)19-26(24)27(3,4)25(23)6-2/h5-9,11-18,26H,2,10,19H2,1,3-4H3/b7-5-,16-11-,20-12-,21-15+. The second-order valence-corrected chi connectivity index (χ2v) is 9.29. The molecule has 1 heteroatoms. The molecule has 0 amide bonds. The highest BCUT2D eigenvalue weighted by molar-refractivity contribution is 14.1. The Bertz CT molecular complexity index is 1020. The molecule has 1 atom stereocenters. The average molecular weight is 480 g/mol. The van der Waals surface area contributed by atoms with Gasteiger partial charge in [-0.1, -0.05) is 99.4 Å². The maximum Gasteiger partial charge on any atom is -0.00190 e. The molecule has 3 rings (SSSR count). The van der Waals surface area contributed by atoms with E-state index in [0.29, 0.717) is 5.92 Å². The number of hydrogen-bond donors (Lipinski definition) is 0. The van der Waals surface area contributed by atoms with E-state index in [0.717, 1.165) is 12.8 Å². The van der Waals surface area contributed by atoms with Gasteiger partial charge in [-0.25, -0.2) is 0 Å². The minimum Gasteiger partial charge on any atom is -0.0987 e. The minimum atomic E-state index is 0.135. The predicted octanol–water partition coefficient (Wildman–Crippen LogP) is 6.56. The Labute approximate surface area is 183 Å². The first-order valence-electron chi connectivity index (χ1n) is 9.97. The highest BCUT2D eigenvalue weighted by atomic mass is 127. The van der Waals surface area contributed by atoms with Gasteiger partial charge in [0.05, 0.1) is 0 Å². The lowest BCUT2D eigenvalue weighted by Crippen LogP contribution is -2.23. The topological polar surface area (TPSA) is 0 Å². The number of hydrogen-bond acceptors (Lipinski definition) is 0. The Kier molecular flexibility index (Phi) is 6.77. The average Bonchev–Trinajstić information content (AvgIpc) is 2.90. The van der Waals surface area contributed by atoms with Crippen LogP contribution in [0.2, 0.25) is 0 Å². The van der Waals surface area contributed by atoms with Crippen molar-refractivity contribution in [1.29, 1.82) is 0 Å². The van der Waals surface area contributed by atoms with Gasteiger partial charge in [-0.2, -0.15) is 0 Å². The van der Waals surface area contributed by atoms with E-state index < -0.39 is 0 Å². The Morgan fingerprint density at radius 2 is 1.93 bits per heavy atom. The Hall–Kier alpha value is -1.87. The maximum atomic E-state index is 4.13. The molecule has 1 aromatic rings. The van der Waals surface area contributed by atoms with Gasteiger partial charge < -0.3 is 0 Å². The van der Waals surface area contributed by atoms with E-state index in [1.807, 2.05) is 6.92 Å². The number of rotatable bonds is 5. The molecule has 0 bridgehead atoms. The maximum absolute atomic E-state index is 4.13. The van der Waals surface area contributed by atoms with Crippen molar-refractivity contribution in [3.63, 3.8) is 0 Å². The van der Waals surface area contributed by atoms with Crippen LogP contribution in [0.5, 0.6) is 0 Å². The first-order valence-corrected chi connectivity index (χ1v) is 11.1. The molecule has 0 fully saturated rings. The fourth-order valence-electron chi connectivity index (χ4n) is 4.27. The summed E-state index contributed by atoms with van der Waals surface area (Å²) in [5.74, 6) is 0.553. The molecule has 0 aliphatic heterocycles. The molecule has 2 aliphatic rings. The van der Waals surface area contributed by atoms with Gasteiger partial charge in [-0.05, 0) is 84.4 Å². The van der Waals surface area contributed by atoms with Gasteiger partial charge in [-0.15, -0.1) is 0 Å². The van der Waals surface area contributed by atoms with Crippen molar-refractivity contribution in [2.75, 3.05) is 0 Å². The highest BCUT2D eigenvalue weighted by Gasteiger charge is 2.43. The lowest BCUT2D eigenvalue weighted by molar-refractivity contribution is 0.335. The first-order chi connectivity index (χ1) is 13.5. The number of benzene rings is 1. The zero-order valence-electron chi connectivity index (χ0n) is 17.1. The zero-order valence-corrected chi connectivity index (χ0v) is 19.2. The van der Waals surface area contributed by atoms with Crippen molar-refractivity contribution < 1.29 is 0 Å². The van der Waals surface area contributed by atoms with E-state index in [2.05, 4.69) is 122 Å². The molecule has 0 N–H and O–H groups in total. The van der Waals surface area contributed by atoms with Crippen LogP contribution in [0.1, 0.15) is 33.6 Å². The van der Waals surface area contributed by atoms with Crippen molar-refractivity contribution >= 4 is 34.7 Å². The molecule has 0 aromatic heterocycles. The molecule has 0 saturated heterocycles. The molecule has 0 radical (unpaired) electrons. The lowest BCUT2D eigenvalue weighted by Gasteiger charge is -2.31. The van der Waals surface area contributed by atoms with Gasteiger partial charge in [0.25, 0.3) is 0 Å². The highest BCUT2D eigenvalue weighted by Crippen LogP contribution is 2.55. The summed E-state index contributed by atoms with van der Waals surface area (Å²) in [6, 6.07) is 8.54. The van der Waals surface area contributed by atoms with E-state index >= 15 is 0 Å². The monoisotopic (exact) mass is 480 g/mol. The summed E-state index contributed by atoms with van der Waals surface area (Å²) in [4.78, 5) is 0. The summed E-state index contributed by atoms with van der Waals surface area (Å²) in [6.07, 6.45) is 21.9. The molecule has 0 saturated carbocycles. The van der Waals surface area contributed by atoms with Crippen LogP contribution in [0.3, 0.4) is 0 Å². The zero-order chi connectivity index (χ0) is 20.1. The number of allylic oxidation sites excluding steroid dienone is 11. The van der Waals surface area contributed by atoms with E-state index in [4.69, 9.17) is 0 Å². The number of halogens is 1. The molecular formula is C27H29I. The van der Waals surface area contributed by atoms with Crippen molar-refractivity contribution in [1.82, 2.24) is 0 Å². The van der Waals surface area contributed by atoms with Crippen LogP contribution in [0.15, 0.2) is 93.7 Å². The van der Waals surface area contributed by atoms with Gasteiger partial charge in [0.15, 0.2) is 0 Å². The normalized spacial score (nSPS) is 22.8. The molecule has 0 spiro atoms. The van der Waals surface area contributed by atoms with Crippen LogP contribution in [-0.2, 0) is 0 Å². The quantitative estimate of drug-likeness (QED) is 0.419. The summed E-state index contributed by atoms with van der Waals surface area (Å²) in [5, 5.41) is 2.54. The van der Waals surface area contributed by atoms with Gasteiger partial charge in [0, 0.05) is 0 Å². The van der Waals surface area contributed by atoms with Crippen LogP contribution >= 0.6 is 22.6 Å². The van der Waals surface area contributed by atoms with Crippen LogP contribution < -0.4 is 10.4 Å². The Balaban J connectivity index is 1.91. The fourth-order valence-corrected chi connectivity index (χ4v) is 4.89. The summed E-state index contributed by atoms with van der Waals surface area (Å²) >= 11 is 2.47. The van der Waals surface area contributed by atoms with Crippen LogP contribution in [0.25, 0.3) is 12.2 Å². The smallest absolute Gasteiger partial charge is 0.00190 e. The fraction of sp³-hybridized carbons (Fsp3) is 0.259. The van der Waals surface area contributed by atoms with E-state index in [1.54, 1.807) is 0 Å². The van der Waals surface area contributed by atoms with Crippen molar-refractivity contribution in [2.24, 2.45) is 11.3 Å². The second-order valence-electron chi connectivity index (χ2n) is 7.91. The van der Waals surface area contributed by atoms with E-state index in [9.17, 15) is 0 Å². The second kappa shape index (κ2) is 9.09. The van der Waals surface area contributed by atoms with Crippen LogP contribution in [0.4, 0.5) is 0 Å². The van der Waals surface area contributed by atoms with Gasteiger partial charge in [0.2, 0.25) is 0 Å². The largest absolute Gasteiger partial charge is 0.0987 e. The van der Waals surface area contributed by atoms with Gasteiger partial charge in [-0.3, -0.25) is 0 Å². The molecule has 144 valence electrons. The molecule has 0 nitrogen and oxygen atoms in total. The summed E-state index contributed by atoms with van der Waals surface area (Å²) < 4.78 is 1.44. The molecule has 0 heterocycles. The molecule has 1 unspecified atom stereocenters. The molecular weight excluding hydrogens is 451 g/mol. The third-order valence-corrected chi connectivity index (χ3v) is 6.61. The summed E-state index contributed by atoms with van der Waals surface area (Å²) in [5.41, 5.74) is 4.35. The first kappa shape index (κ1) is 20.9.